The molecule has 2 aliphatic carbocycles. The molecule has 1 heterocycles. The number of hydrogen-bond acceptors (Lipinski definition) is 3. The van der Waals surface area contributed by atoms with E-state index in [2.05, 4.69) is 11.0 Å². The molecule has 0 spiro atoms. The predicted molar refractivity (Wildman–Crippen MR) is 101 cm³/mol. The van der Waals surface area contributed by atoms with Crippen molar-refractivity contribution in [3.63, 3.8) is 0 Å². The van der Waals surface area contributed by atoms with Crippen molar-refractivity contribution in [2.45, 2.75) is 56.8 Å². The highest BCUT2D eigenvalue weighted by atomic mass is 31.2. The lowest BCUT2D eigenvalue weighted by atomic mass is 9.69. The van der Waals surface area contributed by atoms with E-state index in [-0.39, 0.29) is 11.2 Å². The fourth-order valence-corrected chi connectivity index (χ4v) is 5.88. The molecule has 5 nitrogen and oxygen atoms in total. The summed E-state index contributed by atoms with van der Waals surface area (Å²) in [5.41, 5.74) is 1.35. The molecule has 1 saturated heterocycles. The van der Waals surface area contributed by atoms with Crippen molar-refractivity contribution in [2.75, 3.05) is 19.6 Å². The Balaban J connectivity index is 1.56. The minimum absolute atomic E-state index is 0.142. The lowest BCUT2D eigenvalue weighted by molar-refractivity contribution is 0.158. The van der Waals surface area contributed by atoms with Gasteiger partial charge in [0.25, 0.3) is 0 Å². The molecule has 2 saturated carbocycles. The quantitative estimate of drug-likeness (QED) is 0.754. The van der Waals surface area contributed by atoms with Crippen LogP contribution >= 0.6 is 7.82 Å². The van der Waals surface area contributed by atoms with Gasteiger partial charge in [-0.2, -0.15) is 0 Å². The Kier molecular flexibility index (Phi) is 5.17. The van der Waals surface area contributed by atoms with Gasteiger partial charge in [-0.3, -0.25) is 9.79 Å². The number of phosphoric ester groups is 1. The van der Waals surface area contributed by atoms with E-state index in [9.17, 15) is 4.57 Å². The van der Waals surface area contributed by atoms with Gasteiger partial charge in [-0.1, -0.05) is 25.0 Å². The summed E-state index contributed by atoms with van der Waals surface area (Å²) in [5, 5.41) is 0. The highest BCUT2D eigenvalue weighted by Gasteiger charge is 2.46. The molecule has 2 unspecified atom stereocenters. The summed E-state index contributed by atoms with van der Waals surface area (Å²) in [6.07, 6.45) is 10.2. The number of fused-ring (bicyclic) bond motifs is 1. The first kappa shape index (κ1) is 18.5. The molecule has 0 aromatic heterocycles. The molecule has 0 radical (unpaired) electrons. The van der Waals surface area contributed by atoms with Gasteiger partial charge in [0.15, 0.2) is 0 Å². The van der Waals surface area contributed by atoms with Gasteiger partial charge in [0.2, 0.25) is 0 Å². The van der Waals surface area contributed by atoms with Gasteiger partial charge >= 0.3 is 7.82 Å². The summed E-state index contributed by atoms with van der Waals surface area (Å²) < 4.78 is 16.1. The Bertz CT molecular complexity index is 686. The summed E-state index contributed by atoms with van der Waals surface area (Å²) in [4.78, 5) is 21.0. The van der Waals surface area contributed by atoms with Gasteiger partial charge in [0.1, 0.15) is 5.75 Å². The number of rotatable bonds is 5. The third-order valence-electron chi connectivity index (χ3n) is 6.91. The average molecular weight is 379 g/mol. The molecule has 6 heteroatoms. The van der Waals surface area contributed by atoms with E-state index in [0.29, 0.717) is 5.92 Å². The van der Waals surface area contributed by atoms with Gasteiger partial charge in [-0.25, -0.2) is 4.57 Å². The first-order chi connectivity index (χ1) is 12.4. The molecule has 1 aromatic carbocycles. The summed E-state index contributed by atoms with van der Waals surface area (Å²) in [5.74, 6) is 1.82. The van der Waals surface area contributed by atoms with Crippen LogP contribution in [0.2, 0.25) is 0 Å². The van der Waals surface area contributed by atoms with Crippen LogP contribution in [-0.2, 0) is 9.98 Å². The number of hydrogen-bond donors (Lipinski definition) is 2. The molecular weight excluding hydrogens is 349 g/mol. The van der Waals surface area contributed by atoms with E-state index in [1.165, 1.54) is 70.1 Å². The Morgan fingerprint density at radius 2 is 1.96 bits per heavy atom. The molecule has 0 amide bonds. The SMILES string of the molecule is O=P(O)(O)Oc1cccc(C23CCCC2CN(CC2CCC2)CCC3)c1. The van der Waals surface area contributed by atoms with E-state index in [1.54, 1.807) is 6.07 Å². The standard InChI is InChI=1S/C20H30NO4P/c22-26(23,24)25-19-9-2-7-17(13-19)20-10-3-8-18(20)15-21(12-4-11-20)14-16-5-1-6-16/h2,7,9,13,16,18H,1,3-6,8,10-12,14-15H2,(H2,22,23,24). The van der Waals surface area contributed by atoms with E-state index < -0.39 is 7.82 Å². The molecule has 144 valence electrons. The maximum atomic E-state index is 11.2. The molecule has 0 bridgehead atoms. The second kappa shape index (κ2) is 7.27. The lowest BCUT2D eigenvalue weighted by Gasteiger charge is -2.37. The number of likely N-dealkylation sites (tertiary alicyclic amines) is 1. The highest BCUT2D eigenvalue weighted by molar-refractivity contribution is 7.46. The molecule has 1 aliphatic heterocycles. The van der Waals surface area contributed by atoms with Crippen LogP contribution in [0.3, 0.4) is 0 Å². The first-order valence-electron chi connectivity index (χ1n) is 10.0. The zero-order valence-corrected chi connectivity index (χ0v) is 16.2. The van der Waals surface area contributed by atoms with Crippen LogP contribution in [0.25, 0.3) is 0 Å². The lowest BCUT2D eigenvalue weighted by Crippen LogP contribution is -2.38. The van der Waals surface area contributed by atoms with Gasteiger partial charge in [-0.05, 0) is 80.0 Å². The highest BCUT2D eigenvalue weighted by Crippen LogP contribution is 2.51. The monoisotopic (exact) mass is 379 g/mol. The number of phosphoric acid groups is 1. The van der Waals surface area contributed by atoms with Gasteiger partial charge in [0.05, 0.1) is 0 Å². The minimum Gasteiger partial charge on any atom is -0.404 e. The van der Waals surface area contributed by atoms with Crippen LogP contribution in [0.5, 0.6) is 5.75 Å². The predicted octanol–water partition coefficient (Wildman–Crippen LogP) is 4.09. The second-order valence-electron chi connectivity index (χ2n) is 8.52. The normalized spacial score (nSPS) is 30.5. The van der Waals surface area contributed by atoms with Crippen molar-refractivity contribution in [3.8, 4) is 5.75 Å². The summed E-state index contributed by atoms with van der Waals surface area (Å²) >= 11 is 0. The molecule has 1 aromatic rings. The maximum Gasteiger partial charge on any atom is 0.524 e. The fourth-order valence-electron chi connectivity index (χ4n) is 5.49. The smallest absolute Gasteiger partial charge is 0.404 e. The zero-order valence-electron chi connectivity index (χ0n) is 15.3. The third kappa shape index (κ3) is 3.87. The molecule has 2 N–H and O–H groups in total. The Hall–Kier alpha value is -0.870. The van der Waals surface area contributed by atoms with E-state index >= 15 is 0 Å². The Morgan fingerprint density at radius 3 is 2.69 bits per heavy atom. The minimum atomic E-state index is -4.52. The van der Waals surface area contributed by atoms with Crippen LogP contribution in [0.1, 0.15) is 56.9 Å². The maximum absolute atomic E-state index is 11.2. The largest absolute Gasteiger partial charge is 0.524 e. The van der Waals surface area contributed by atoms with Crippen molar-refractivity contribution < 1.29 is 18.9 Å². The van der Waals surface area contributed by atoms with Crippen LogP contribution in [0.15, 0.2) is 24.3 Å². The van der Waals surface area contributed by atoms with E-state index in [1.807, 2.05) is 12.1 Å². The van der Waals surface area contributed by atoms with Crippen molar-refractivity contribution in [2.24, 2.45) is 11.8 Å². The molecular formula is C20H30NO4P. The summed E-state index contributed by atoms with van der Waals surface area (Å²) in [6, 6.07) is 7.52. The Labute approximate surface area is 156 Å². The van der Waals surface area contributed by atoms with Crippen LogP contribution in [0, 0.1) is 11.8 Å². The molecule has 26 heavy (non-hydrogen) atoms. The van der Waals surface area contributed by atoms with Crippen molar-refractivity contribution in [1.82, 2.24) is 4.90 Å². The molecule has 3 fully saturated rings. The average Bonchev–Trinajstić information content (AvgIpc) is 2.85. The fraction of sp³-hybridized carbons (Fsp3) is 0.700. The van der Waals surface area contributed by atoms with E-state index in [0.717, 1.165) is 12.3 Å². The van der Waals surface area contributed by atoms with Gasteiger partial charge < -0.3 is 9.42 Å². The number of nitrogens with zero attached hydrogens (tertiary/aromatic N) is 1. The second-order valence-corrected chi connectivity index (χ2v) is 9.68. The van der Waals surface area contributed by atoms with Crippen LogP contribution in [0.4, 0.5) is 0 Å². The first-order valence-corrected chi connectivity index (χ1v) is 11.6. The zero-order chi connectivity index (χ0) is 18.2. The van der Waals surface area contributed by atoms with Crippen LogP contribution in [-0.4, -0.2) is 34.3 Å². The van der Waals surface area contributed by atoms with Crippen molar-refractivity contribution in [1.29, 1.82) is 0 Å². The van der Waals surface area contributed by atoms with Crippen LogP contribution < -0.4 is 4.52 Å². The van der Waals surface area contributed by atoms with Gasteiger partial charge in [-0.15, -0.1) is 0 Å². The molecule has 3 aliphatic rings. The number of benzene rings is 1. The Morgan fingerprint density at radius 1 is 1.15 bits per heavy atom. The van der Waals surface area contributed by atoms with Gasteiger partial charge in [0, 0.05) is 13.1 Å². The topological polar surface area (TPSA) is 70.0 Å². The molecule has 2 atom stereocenters. The van der Waals surface area contributed by atoms with Crippen molar-refractivity contribution in [3.05, 3.63) is 29.8 Å². The summed E-state index contributed by atoms with van der Waals surface area (Å²) in [6.45, 7) is 3.61. The van der Waals surface area contributed by atoms with Crippen molar-refractivity contribution >= 4 is 7.82 Å². The molecule has 4 rings (SSSR count). The van der Waals surface area contributed by atoms with E-state index in [4.69, 9.17) is 14.3 Å². The third-order valence-corrected chi connectivity index (χ3v) is 7.36. The summed E-state index contributed by atoms with van der Waals surface area (Å²) in [7, 11) is -4.52.